The third kappa shape index (κ3) is 2.05. The van der Waals surface area contributed by atoms with Crippen molar-refractivity contribution in [2.45, 2.75) is 38.5 Å². The Morgan fingerprint density at radius 1 is 1.08 bits per heavy atom. The van der Waals surface area contributed by atoms with Crippen LogP contribution in [0, 0.1) is 11.3 Å². The molecule has 0 bridgehead atoms. The molecule has 0 radical (unpaired) electrons. The van der Waals surface area contributed by atoms with E-state index in [0.717, 1.165) is 25.7 Å². The quantitative estimate of drug-likeness (QED) is 0.674. The third-order valence-corrected chi connectivity index (χ3v) is 4.05. The van der Waals surface area contributed by atoms with Crippen molar-refractivity contribution >= 4 is 0 Å². The molecule has 0 atom stereocenters. The zero-order valence-corrected chi connectivity index (χ0v) is 8.43. The van der Waals surface area contributed by atoms with E-state index in [4.69, 9.17) is 10.5 Å². The van der Waals surface area contributed by atoms with Crippen molar-refractivity contribution in [1.29, 1.82) is 0 Å². The van der Waals surface area contributed by atoms with Crippen LogP contribution in [0.3, 0.4) is 0 Å². The van der Waals surface area contributed by atoms with Gasteiger partial charge in [-0.2, -0.15) is 0 Å². The summed E-state index contributed by atoms with van der Waals surface area (Å²) in [5.41, 5.74) is 6.35. The molecule has 1 aliphatic heterocycles. The van der Waals surface area contributed by atoms with Gasteiger partial charge in [0.25, 0.3) is 0 Å². The fraction of sp³-hybridized carbons (Fsp3) is 1.00. The predicted molar refractivity (Wildman–Crippen MR) is 53.5 cm³/mol. The number of hydrogen-bond donors (Lipinski definition) is 1. The van der Waals surface area contributed by atoms with E-state index in [1.165, 1.54) is 38.5 Å². The van der Waals surface area contributed by atoms with Crippen molar-refractivity contribution in [2.75, 3.05) is 19.8 Å². The molecule has 2 nitrogen and oxygen atoms in total. The molecule has 2 heteroatoms. The molecule has 13 heavy (non-hydrogen) atoms. The van der Waals surface area contributed by atoms with Gasteiger partial charge in [0.15, 0.2) is 0 Å². The minimum Gasteiger partial charge on any atom is -0.381 e. The van der Waals surface area contributed by atoms with E-state index >= 15 is 0 Å². The summed E-state index contributed by atoms with van der Waals surface area (Å²) in [6.45, 7) is 2.88. The molecule has 1 heterocycles. The van der Waals surface area contributed by atoms with Crippen LogP contribution in [0.15, 0.2) is 0 Å². The van der Waals surface area contributed by atoms with Gasteiger partial charge in [-0.05, 0) is 56.4 Å². The van der Waals surface area contributed by atoms with Crippen LogP contribution in [0.1, 0.15) is 38.5 Å². The summed E-state index contributed by atoms with van der Waals surface area (Å²) in [4.78, 5) is 0. The highest BCUT2D eigenvalue weighted by Gasteiger charge is 2.35. The number of ether oxygens (including phenoxy) is 1. The average Bonchev–Trinajstić information content (AvgIpc) is 2.20. The Morgan fingerprint density at radius 2 is 1.69 bits per heavy atom. The highest BCUT2D eigenvalue weighted by molar-refractivity contribution is 4.87. The highest BCUT2D eigenvalue weighted by atomic mass is 16.5. The highest BCUT2D eigenvalue weighted by Crippen LogP contribution is 2.45. The van der Waals surface area contributed by atoms with Crippen LogP contribution in [0.2, 0.25) is 0 Å². The van der Waals surface area contributed by atoms with Crippen LogP contribution in [-0.2, 0) is 4.74 Å². The summed E-state index contributed by atoms with van der Waals surface area (Å²) in [5.74, 6) is 0.813. The molecule has 2 N–H and O–H groups in total. The van der Waals surface area contributed by atoms with Gasteiger partial charge in [-0.25, -0.2) is 0 Å². The second kappa shape index (κ2) is 3.97. The zero-order valence-electron chi connectivity index (χ0n) is 8.43. The van der Waals surface area contributed by atoms with E-state index in [2.05, 4.69) is 0 Å². The summed E-state index contributed by atoms with van der Waals surface area (Å²) in [5, 5.41) is 0. The van der Waals surface area contributed by atoms with Crippen molar-refractivity contribution in [3.8, 4) is 0 Å². The summed E-state index contributed by atoms with van der Waals surface area (Å²) < 4.78 is 5.43. The predicted octanol–water partition coefficient (Wildman–Crippen LogP) is 1.93. The lowest BCUT2D eigenvalue weighted by Gasteiger charge is -2.42. The topological polar surface area (TPSA) is 35.2 Å². The fourth-order valence-corrected chi connectivity index (χ4v) is 2.83. The first kappa shape index (κ1) is 9.47. The van der Waals surface area contributed by atoms with Gasteiger partial charge in [-0.15, -0.1) is 0 Å². The number of nitrogens with two attached hydrogens (primary N) is 1. The van der Waals surface area contributed by atoms with Gasteiger partial charge in [-0.3, -0.25) is 0 Å². The maximum Gasteiger partial charge on any atom is 0.0471 e. The summed E-state index contributed by atoms with van der Waals surface area (Å²) in [7, 11) is 0. The van der Waals surface area contributed by atoms with E-state index < -0.39 is 0 Å². The average molecular weight is 183 g/mol. The molecule has 0 aromatic rings. The van der Waals surface area contributed by atoms with Crippen LogP contribution < -0.4 is 5.73 Å². The number of hydrogen-bond acceptors (Lipinski definition) is 2. The Kier molecular flexibility index (Phi) is 2.89. The lowest BCUT2D eigenvalue weighted by Crippen LogP contribution is -2.35. The fourth-order valence-electron chi connectivity index (χ4n) is 2.83. The largest absolute Gasteiger partial charge is 0.381 e. The molecule has 2 rings (SSSR count). The van der Waals surface area contributed by atoms with E-state index in [1.54, 1.807) is 0 Å². The first-order valence-corrected chi connectivity index (χ1v) is 5.62. The van der Waals surface area contributed by atoms with Gasteiger partial charge in [-0.1, -0.05) is 0 Å². The first-order chi connectivity index (χ1) is 6.35. The Morgan fingerprint density at radius 3 is 2.23 bits per heavy atom. The van der Waals surface area contributed by atoms with Crippen molar-refractivity contribution in [2.24, 2.45) is 17.1 Å². The lowest BCUT2D eigenvalue weighted by atomic mass is 9.66. The molecule has 76 valence electrons. The molecule has 2 fully saturated rings. The second-order valence-corrected chi connectivity index (χ2v) is 4.79. The van der Waals surface area contributed by atoms with Crippen LogP contribution in [0.4, 0.5) is 0 Å². The van der Waals surface area contributed by atoms with Crippen molar-refractivity contribution in [3.63, 3.8) is 0 Å². The molecule has 1 spiro atoms. The van der Waals surface area contributed by atoms with Gasteiger partial charge in [0, 0.05) is 13.2 Å². The molecular weight excluding hydrogens is 162 g/mol. The molecule has 0 aromatic heterocycles. The first-order valence-electron chi connectivity index (χ1n) is 5.62. The van der Waals surface area contributed by atoms with E-state index in [1.807, 2.05) is 0 Å². The van der Waals surface area contributed by atoms with Gasteiger partial charge in [0.05, 0.1) is 0 Å². The molecule has 0 amide bonds. The Balaban J connectivity index is 1.87. The van der Waals surface area contributed by atoms with Crippen LogP contribution in [0.5, 0.6) is 0 Å². The molecule has 1 saturated carbocycles. The SMILES string of the molecule is NCC1CCC2(CCOCC2)CC1. The smallest absolute Gasteiger partial charge is 0.0471 e. The minimum atomic E-state index is 0.657. The lowest BCUT2D eigenvalue weighted by molar-refractivity contribution is -0.0121. The monoisotopic (exact) mass is 183 g/mol. The molecule has 1 aliphatic carbocycles. The van der Waals surface area contributed by atoms with Crippen LogP contribution >= 0.6 is 0 Å². The van der Waals surface area contributed by atoms with Gasteiger partial charge < -0.3 is 10.5 Å². The molecular formula is C11H21NO. The Hall–Kier alpha value is -0.0800. The number of rotatable bonds is 1. The maximum atomic E-state index is 5.70. The van der Waals surface area contributed by atoms with Gasteiger partial charge in [0.1, 0.15) is 0 Å². The summed E-state index contributed by atoms with van der Waals surface area (Å²) >= 11 is 0. The summed E-state index contributed by atoms with van der Waals surface area (Å²) in [6.07, 6.45) is 8.11. The van der Waals surface area contributed by atoms with Crippen molar-refractivity contribution < 1.29 is 4.74 Å². The van der Waals surface area contributed by atoms with E-state index in [9.17, 15) is 0 Å². The normalized spacial score (nSPS) is 29.3. The Bertz CT molecular complexity index is 153. The van der Waals surface area contributed by atoms with E-state index in [-0.39, 0.29) is 0 Å². The Labute approximate surface area is 80.8 Å². The molecule has 2 aliphatic rings. The molecule has 0 unspecified atom stereocenters. The minimum absolute atomic E-state index is 0.657. The zero-order chi connectivity index (χ0) is 9.15. The van der Waals surface area contributed by atoms with Crippen molar-refractivity contribution in [1.82, 2.24) is 0 Å². The van der Waals surface area contributed by atoms with Crippen LogP contribution in [-0.4, -0.2) is 19.8 Å². The van der Waals surface area contributed by atoms with Crippen LogP contribution in [0.25, 0.3) is 0 Å². The molecule has 0 aromatic carbocycles. The third-order valence-electron chi connectivity index (χ3n) is 4.05. The standard InChI is InChI=1S/C11H21NO/c12-9-10-1-3-11(4-2-10)5-7-13-8-6-11/h10H,1-9,12H2. The van der Waals surface area contributed by atoms with E-state index in [0.29, 0.717) is 5.41 Å². The summed E-state index contributed by atoms with van der Waals surface area (Å²) in [6, 6.07) is 0. The van der Waals surface area contributed by atoms with Gasteiger partial charge in [0.2, 0.25) is 0 Å². The maximum absolute atomic E-state index is 5.70. The van der Waals surface area contributed by atoms with Gasteiger partial charge >= 0.3 is 0 Å². The van der Waals surface area contributed by atoms with Crippen molar-refractivity contribution in [3.05, 3.63) is 0 Å². The second-order valence-electron chi connectivity index (χ2n) is 4.79. The molecule has 1 saturated heterocycles.